The summed E-state index contributed by atoms with van der Waals surface area (Å²) in [6.07, 6.45) is 2.35. The number of rotatable bonds is 4. The molecule has 21 heavy (non-hydrogen) atoms. The van der Waals surface area contributed by atoms with Crippen LogP contribution < -0.4 is 10.6 Å². The van der Waals surface area contributed by atoms with Crippen LogP contribution in [0, 0.1) is 6.92 Å². The van der Waals surface area contributed by atoms with Gasteiger partial charge in [-0.05, 0) is 6.92 Å². The molecule has 0 aliphatic carbocycles. The molecule has 1 aromatic heterocycles. The van der Waals surface area contributed by atoms with Gasteiger partial charge in [-0.3, -0.25) is 4.68 Å². The van der Waals surface area contributed by atoms with E-state index in [0.717, 1.165) is 11.3 Å². The Kier molecular flexibility index (Phi) is 4.46. The lowest BCUT2D eigenvalue weighted by Gasteiger charge is -2.33. The van der Waals surface area contributed by atoms with Crippen LogP contribution in [0.4, 0.5) is 4.79 Å². The van der Waals surface area contributed by atoms with Gasteiger partial charge in [0.15, 0.2) is 0 Å². The van der Waals surface area contributed by atoms with Crippen LogP contribution in [-0.2, 0) is 23.1 Å². The number of carbonyl (C=O) groups is 2. The summed E-state index contributed by atoms with van der Waals surface area (Å²) < 4.78 is 6.83. The number of nitrogens with zero attached hydrogens (tertiary/aromatic N) is 2. The van der Waals surface area contributed by atoms with Gasteiger partial charge < -0.3 is 20.5 Å². The lowest BCUT2D eigenvalue weighted by Crippen LogP contribution is -2.59. The van der Waals surface area contributed by atoms with Gasteiger partial charge in [0, 0.05) is 51.4 Å². The third-order valence-corrected chi connectivity index (χ3v) is 3.66. The first-order chi connectivity index (χ1) is 9.93. The second kappa shape index (κ2) is 6.13. The smallest absolute Gasteiger partial charge is 0.329 e. The van der Waals surface area contributed by atoms with Gasteiger partial charge in [-0.25, -0.2) is 9.59 Å². The van der Waals surface area contributed by atoms with Crippen LogP contribution in [0.3, 0.4) is 0 Å². The molecule has 0 spiro atoms. The summed E-state index contributed by atoms with van der Waals surface area (Å²) in [6.45, 7) is 2.81. The van der Waals surface area contributed by atoms with Gasteiger partial charge in [0.1, 0.15) is 5.54 Å². The number of nitrogens with one attached hydrogen (secondary N) is 2. The van der Waals surface area contributed by atoms with E-state index in [9.17, 15) is 14.7 Å². The summed E-state index contributed by atoms with van der Waals surface area (Å²) in [4.78, 5) is 23.4. The highest BCUT2D eigenvalue weighted by atomic mass is 16.5. The van der Waals surface area contributed by atoms with E-state index in [-0.39, 0.29) is 12.8 Å². The summed E-state index contributed by atoms with van der Waals surface area (Å²) in [6, 6.07) is -0.498. The molecule has 3 N–H and O–H groups in total. The number of aliphatic carboxylic acids is 1. The molecule has 0 aromatic carbocycles. The minimum Gasteiger partial charge on any atom is -0.480 e. The van der Waals surface area contributed by atoms with Gasteiger partial charge >= 0.3 is 12.0 Å². The van der Waals surface area contributed by atoms with Crippen molar-refractivity contribution in [1.29, 1.82) is 0 Å². The first-order valence-electron chi connectivity index (χ1n) is 6.79. The second-order valence-corrected chi connectivity index (χ2v) is 5.22. The number of carboxylic acid groups (broad SMARTS) is 1. The van der Waals surface area contributed by atoms with Crippen LogP contribution >= 0.6 is 0 Å². The molecule has 116 valence electrons. The predicted molar refractivity (Wildman–Crippen MR) is 73.7 cm³/mol. The Morgan fingerprint density at radius 3 is 2.67 bits per heavy atom. The molecule has 0 atom stereocenters. The van der Waals surface area contributed by atoms with E-state index >= 15 is 0 Å². The number of urea groups is 1. The summed E-state index contributed by atoms with van der Waals surface area (Å²) in [5.74, 6) is -1.03. The third kappa shape index (κ3) is 3.52. The maximum absolute atomic E-state index is 12.0. The first-order valence-corrected chi connectivity index (χ1v) is 6.79. The molecule has 0 unspecified atom stereocenters. The van der Waals surface area contributed by atoms with Crippen molar-refractivity contribution in [2.24, 2.45) is 7.05 Å². The van der Waals surface area contributed by atoms with Crippen molar-refractivity contribution in [2.45, 2.75) is 31.8 Å². The zero-order valence-electron chi connectivity index (χ0n) is 12.2. The highest BCUT2D eigenvalue weighted by molar-refractivity contribution is 5.86. The molecule has 1 aliphatic rings. The molecule has 2 amide bonds. The van der Waals surface area contributed by atoms with Crippen molar-refractivity contribution in [3.63, 3.8) is 0 Å². The maximum atomic E-state index is 12.0. The summed E-state index contributed by atoms with van der Waals surface area (Å²) in [7, 11) is 1.80. The van der Waals surface area contributed by atoms with E-state index in [4.69, 9.17) is 4.74 Å². The number of aromatic nitrogens is 2. The molecule has 2 heterocycles. The summed E-state index contributed by atoms with van der Waals surface area (Å²) >= 11 is 0. The summed E-state index contributed by atoms with van der Waals surface area (Å²) in [5, 5.41) is 18.8. The van der Waals surface area contributed by atoms with Crippen molar-refractivity contribution in [2.75, 3.05) is 13.2 Å². The molecule has 1 fully saturated rings. The van der Waals surface area contributed by atoms with Gasteiger partial charge in [-0.2, -0.15) is 5.10 Å². The first kappa shape index (κ1) is 15.3. The monoisotopic (exact) mass is 296 g/mol. The van der Waals surface area contributed by atoms with Crippen molar-refractivity contribution in [3.05, 3.63) is 17.5 Å². The molecule has 8 nitrogen and oxygen atoms in total. The van der Waals surface area contributed by atoms with Crippen LogP contribution in [0.2, 0.25) is 0 Å². The fraction of sp³-hybridized carbons (Fsp3) is 0.615. The van der Waals surface area contributed by atoms with E-state index in [1.165, 1.54) is 0 Å². The molecule has 2 rings (SSSR count). The fourth-order valence-electron chi connectivity index (χ4n) is 2.37. The zero-order chi connectivity index (χ0) is 15.5. The SMILES string of the molecule is Cc1nn(C)cc1CNC(=O)NC1(C(=O)O)CCOCC1. The number of hydrogen-bond donors (Lipinski definition) is 3. The van der Waals surface area contributed by atoms with Crippen LogP contribution in [0.5, 0.6) is 0 Å². The number of carbonyl (C=O) groups excluding carboxylic acids is 1. The van der Waals surface area contributed by atoms with Gasteiger partial charge in [0.2, 0.25) is 0 Å². The minimum absolute atomic E-state index is 0.266. The van der Waals surface area contributed by atoms with Crippen LogP contribution in [0.15, 0.2) is 6.20 Å². The number of amides is 2. The highest BCUT2D eigenvalue weighted by Crippen LogP contribution is 2.21. The molecule has 0 bridgehead atoms. The van der Waals surface area contributed by atoms with Crippen molar-refractivity contribution in [3.8, 4) is 0 Å². The Hall–Kier alpha value is -2.09. The molecule has 1 aliphatic heterocycles. The Balaban J connectivity index is 1.94. The van der Waals surface area contributed by atoms with Crippen molar-refractivity contribution in [1.82, 2.24) is 20.4 Å². The number of ether oxygens (including phenoxy) is 1. The molecule has 0 saturated carbocycles. The molecule has 0 radical (unpaired) electrons. The van der Waals surface area contributed by atoms with Crippen LogP contribution in [0.25, 0.3) is 0 Å². The van der Waals surface area contributed by atoms with Crippen molar-refractivity contribution >= 4 is 12.0 Å². The van der Waals surface area contributed by atoms with E-state index < -0.39 is 17.5 Å². The van der Waals surface area contributed by atoms with E-state index in [0.29, 0.717) is 19.8 Å². The molecular weight excluding hydrogens is 276 g/mol. The lowest BCUT2D eigenvalue weighted by molar-refractivity contribution is -0.148. The van der Waals surface area contributed by atoms with Gasteiger partial charge in [0.05, 0.1) is 5.69 Å². The normalized spacial score (nSPS) is 17.2. The van der Waals surface area contributed by atoms with Gasteiger partial charge in [-0.1, -0.05) is 0 Å². The van der Waals surface area contributed by atoms with E-state index in [1.807, 2.05) is 13.1 Å². The zero-order valence-corrected chi connectivity index (χ0v) is 12.2. The fourth-order valence-corrected chi connectivity index (χ4v) is 2.37. The standard InChI is InChI=1S/C13H20N4O4/c1-9-10(8-17(2)16-9)7-14-12(20)15-13(11(18)19)3-5-21-6-4-13/h8H,3-7H2,1-2H3,(H,18,19)(H2,14,15,20). The van der Waals surface area contributed by atoms with Crippen LogP contribution in [-0.4, -0.2) is 45.6 Å². The largest absolute Gasteiger partial charge is 0.480 e. The molecule has 1 aromatic rings. The Morgan fingerprint density at radius 1 is 1.48 bits per heavy atom. The Bertz CT molecular complexity index is 534. The molecular formula is C13H20N4O4. The topological polar surface area (TPSA) is 105 Å². The average molecular weight is 296 g/mol. The maximum Gasteiger partial charge on any atom is 0.329 e. The number of hydrogen-bond acceptors (Lipinski definition) is 4. The lowest BCUT2D eigenvalue weighted by atomic mass is 9.90. The van der Waals surface area contributed by atoms with E-state index in [1.54, 1.807) is 11.7 Å². The van der Waals surface area contributed by atoms with Crippen molar-refractivity contribution < 1.29 is 19.4 Å². The summed E-state index contributed by atoms with van der Waals surface area (Å²) in [5.41, 5.74) is 0.479. The van der Waals surface area contributed by atoms with Crippen LogP contribution in [0.1, 0.15) is 24.1 Å². The average Bonchev–Trinajstić information content (AvgIpc) is 2.75. The predicted octanol–water partition coefficient (Wildman–Crippen LogP) is 0.162. The number of carboxylic acids is 1. The molecule has 8 heteroatoms. The van der Waals surface area contributed by atoms with Gasteiger partial charge in [-0.15, -0.1) is 0 Å². The number of aryl methyl sites for hydroxylation is 2. The minimum atomic E-state index is -1.24. The quantitative estimate of drug-likeness (QED) is 0.734. The third-order valence-electron chi connectivity index (χ3n) is 3.66. The van der Waals surface area contributed by atoms with Gasteiger partial charge in [0.25, 0.3) is 0 Å². The highest BCUT2D eigenvalue weighted by Gasteiger charge is 2.41. The second-order valence-electron chi connectivity index (χ2n) is 5.22. The Labute approximate surface area is 122 Å². The Morgan fingerprint density at radius 2 is 2.14 bits per heavy atom. The molecule has 1 saturated heterocycles. The van der Waals surface area contributed by atoms with E-state index in [2.05, 4.69) is 15.7 Å².